The summed E-state index contributed by atoms with van der Waals surface area (Å²) < 4.78 is 36.9. The average molecular weight is 296 g/mol. The number of alkyl halides is 3. The van der Waals surface area contributed by atoms with Crippen LogP contribution in [0.15, 0.2) is 0 Å². The number of amides is 2. The number of aliphatic hydroxyl groups is 1. The quantitative estimate of drug-likeness (QED) is 0.868. The lowest BCUT2D eigenvalue weighted by molar-refractivity contribution is -0.138. The molecule has 0 aromatic carbocycles. The van der Waals surface area contributed by atoms with Gasteiger partial charge < -0.3 is 10.0 Å². The average Bonchev–Trinajstić information content (AvgIpc) is 2.95. The molecule has 1 aromatic heterocycles. The molecule has 106 valence electrons. The highest BCUT2D eigenvalue weighted by Crippen LogP contribution is 2.33. The summed E-state index contributed by atoms with van der Waals surface area (Å²) in [4.78, 5) is 13.2. The number of aliphatic hydroxyl groups excluding tert-OH is 1. The van der Waals surface area contributed by atoms with E-state index >= 15 is 0 Å². The zero-order valence-electron chi connectivity index (χ0n) is 9.65. The standard InChI is InChI=1S/C9H11F3N4O2S/c10-9(11,12)6-14-15-7(19-6)13-8(18)16-3-1-2-5(16)4-17/h5,17H,1-4H2,(H,13,15,18). The summed E-state index contributed by atoms with van der Waals surface area (Å²) >= 11 is 0.267. The summed E-state index contributed by atoms with van der Waals surface area (Å²) in [6.45, 7) is 0.291. The molecule has 0 aliphatic carbocycles. The molecule has 2 amide bonds. The van der Waals surface area contributed by atoms with Crippen LogP contribution < -0.4 is 5.32 Å². The molecule has 1 saturated heterocycles. The number of hydrogen-bond acceptors (Lipinski definition) is 5. The molecule has 6 nitrogen and oxygen atoms in total. The Labute approximate surface area is 110 Å². The summed E-state index contributed by atoms with van der Waals surface area (Å²) in [6, 6.07) is -0.864. The molecule has 19 heavy (non-hydrogen) atoms. The Kier molecular flexibility index (Phi) is 3.90. The van der Waals surface area contributed by atoms with Crippen molar-refractivity contribution in [2.24, 2.45) is 0 Å². The van der Waals surface area contributed by atoms with E-state index in [0.29, 0.717) is 13.0 Å². The summed E-state index contributed by atoms with van der Waals surface area (Å²) in [6.07, 6.45) is -3.14. The molecular weight excluding hydrogens is 285 g/mol. The van der Waals surface area contributed by atoms with Crippen molar-refractivity contribution in [1.82, 2.24) is 15.1 Å². The van der Waals surface area contributed by atoms with Crippen molar-refractivity contribution >= 4 is 22.5 Å². The van der Waals surface area contributed by atoms with Crippen LogP contribution in [-0.4, -0.2) is 45.4 Å². The number of carbonyl (C=O) groups is 1. The topological polar surface area (TPSA) is 78.4 Å². The van der Waals surface area contributed by atoms with Crippen LogP contribution in [0, 0.1) is 0 Å². The monoisotopic (exact) mass is 296 g/mol. The van der Waals surface area contributed by atoms with Gasteiger partial charge in [0.1, 0.15) is 0 Å². The number of likely N-dealkylation sites (tertiary alicyclic amines) is 1. The number of carbonyl (C=O) groups excluding carboxylic acids is 1. The molecule has 1 atom stereocenters. The third-order valence-corrected chi connectivity index (χ3v) is 3.61. The van der Waals surface area contributed by atoms with Gasteiger partial charge in [-0.05, 0) is 12.8 Å². The van der Waals surface area contributed by atoms with Gasteiger partial charge in [-0.2, -0.15) is 13.2 Å². The van der Waals surface area contributed by atoms with Crippen molar-refractivity contribution in [3.63, 3.8) is 0 Å². The van der Waals surface area contributed by atoms with Crippen LogP contribution in [-0.2, 0) is 6.18 Å². The minimum atomic E-state index is -4.57. The predicted molar refractivity (Wildman–Crippen MR) is 60.7 cm³/mol. The molecular formula is C9H11F3N4O2S. The number of halogens is 3. The molecule has 1 aromatic rings. The zero-order valence-corrected chi connectivity index (χ0v) is 10.5. The first-order valence-corrected chi connectivity index (χ1v) is 6.32. The van der Waals surface area contributed by atoms with Crippen LogP contribution in [0.5, 0.6) is 0 Å². The molecule has 2 N–H and O–H groups in total. The van der Waals surface area contributed by atoms with Crippen LogP contribution in [0.2, 0.25) is 0 Å². The second-order valence-electron chi connectivity index (χ2n) is 4.01. The largest absolute Gasteiger partial charge is 0.445 e. The van der Waals surface area contributed by atoms with Crippen molar-refractivity contribution < 1.29 is 23.1 Å². The number of aromatic nitrogens is 2. The van der Waals surface area contributed by atoms with Crippen LogP contribution in [0.4, 0.5) is 23.1 Å². The van der Waals surface area contributed by atoms with Gasteiger partial charge in [0.05, 0.1) is 12.6 Å². The fourth-order valence-electron chi connectivity index (χ4n) is 1.84. The normalized spacial score (nSPS) is 19.8. The van der Waals surface area contributed by atoms with Crippen molar-refractivity contribution in [2.75, 3.05) is 18.5 Å². The predicted octanol–water partition coefficient (Wildman–Crippen LogP) is 1.55. The molecule has 0 saturated carbocycles. The molecule has 0 spiro atoms. The summed E-state index contributed by atoms with van der Waals surface area (Å²) in [5.41, 5.74) is 0. The molecule has 2 rings (SSSR count). The molecule has 0 bridgehead atoms. The van der Waals surface area contributed by atoms with Gasteiger partial charge in [0.15, 0.2) is 0 Å². The first-order chi connectivity index (χ1) is 8.91. The highest BCUT2D eigenvalue weighted by atomic mass is 32.1. The van der Waals surface area contributed by atoms with Gasteiger partial charge in [-0.3, -0.25) is 5.32 Å². The van der Waals surface area contributed by atoms with Crippen molar-refractivity contribution in [1.29, 1.82) is 0 Å². The lowest BCUT2D eigenvalue weighted by atomic mass is 10.2. The molecule has 1 fully saturated rings. The van der Waals surface area contributed by atoms with E-state index in [0.717, 1.165) is 6.42 Å². The van der Waals surface area contributed by atoms with Crippen LogP contribution in [0.3, 0.4) is 0 Å². The van der Waals surface area contributed by atoms with E-state index in [-0.39, 0.29) is 29.1 Å². The minimum absolute atomic E-state index is 0.169. The fourth-order valence-corrected chi connectivity index (χ4v) is 2.44. The van der Waals surface area contributed by atoms with E-state index < -0.39 is 17.2 Å². The maximum atomic E-state index is 12.3. The molecule has 2 heterocycles. The first kappa shape index (κ1) is 14.0. The zero-order chi connectivity index (χ0) is 14.0. The summed E-state index contributed by atoms with van der Waals surface area (Å²) in [7, 11) is 0. The van der Waals surface area contributed by atoms with E-state index in [2.05, 4.69) is 15.5 Å². The van der Waals surface area contributed by atoms with Gasteiger partial charge in [0.2, 0.25) is 10.1 Å². The van der Waals surface area contributed by atoms with E-state index in [9.17, 15) is 18.0 Å². The van der Waals surface area contributed by atoms with E-state index in [1.165, 1.54) is 4.90 Å². The SMILES string of the molecule is O=C(Nc1nnc(C(F)(F)F)s1)N1CCCC1CO. The number of rotatable bonds is 2. The first-order valence-electron chi connectivity index (χ1n) is 5.51. The van der Waals surface area contributed by atoms with Gasteiger partial charge in [-0.15, -0.1) is 10.2 Å². The van der Waals surface area contributed by atoms with E-state index in [1.54, 1.807) is 0 Å². The van der Waals surface area contributed by atoms with Crippen molar-refractivity contribution in [3.8, 4) is 0 Å². The maximum Gasteiger partial charge on any atom is 0.445 e. The molecule has 1 unspecified atom stereocenters. The minimum Gasteiger partial charge on any atom is -0.394 e. The lowest BCUT2D eigenvalue weighted by Crippen LogP contribution is -2.40. The highest BCUT2D eigenvalue weighted by molar-refractivity contribution is 7.15. The third kappa shape index (κ3) is 3.13. The van der Waals surface area contributed by atoms with Gasteiger partial charge in [-0.25, -0.2) is 4.79 Å². The third-order valence-electron chi connectivity index (χ3n) is 2.73. The van der Waals surface area contributed by atoms with Gasteiger partial charge in [-0.1, -0.05) is 11.3 Å². The fraction of sp³-hybridized carbons (Fsp3) is 0.667. The number of urea groups is 1. The molecule has 10 heteroatoms. The van der Waals surface area contributed by atoms with Crippen LogP contribution in [0.25, 0.3) is 0 Å². The Bertz CT molecular complexity index is 465. The molecule has 1 aliphatic rings. The number of nitrogens with one attached hydrogen (secondary N) is 1. The number of nitrogens with zero attached hydrogens (tertiary/aromatic N) is 3. The number of hydrogen-bond donors (Lipinski definition) is 2. The maximum absolute atomic E-state index is 12.3. The van der Waals surface area contributed by atoms with Gasteiger partial charge in [0, 0.05) is 6.54 Å². The Morgan fingerprint density at radius 3 is 2.84 bits per heavy atom. The van der Waals surface area contributed by atoms with Crippen molar-refractivity contribution in [2.45, 2.75) is 25.1 Å². The second-order valence-corrected chi connectivity index (χ2v) is 4.99. The van der Waals surface area contributed by atoms with Gasteiger partial charge >= 0.3 is 12.2 Å². The Morgan fingerprint density at radius 2 is 2.26 bits per heavy atom. The summed E-state index contributed by atoms with van der Waals surface area (Å²) in [5, 5.41) is 16.3. The Morgan fingerprint density at radius 1 is 1.53 bits per heavy atom. The second kappa shape index (κ2) is 5.29. The van der Waals surface area contributed by atoms with Crippen LogP contribution in [0.1, 0.15) is 17.8 Å². The smallest absolute Gasteiger partial charge is 0.394 e. The van der Waals surface area contributed by atoms with Gasteiger partial charge in [0.25, 0.3) is 0 Å². The number of anilines is 1. The molecule has 0 radical (unpaired) electrons. The Hall–Kier alpha value is -1.42. The Balaban J connectivity index is 2.01. The summed E-state index contributed by atoms with van der Waals surface area (Å²) in [5.74, 6) is 0. The highest BCUT2D eigenvalue weighted by Gasteiger charge is 2.36. The molecule has 1 aliphatic heterocycles. The van der Waals surface area contributed by atoms with Crippen molar-refractivity contribution in [3.05, 3.63) is 5.01 Å². The van der Waals surface area contributed by atoms with Crippen LogP contribution >= 0.6 is 11.3 Å². The lowest BCUT2D eigenvalue weighted by Gasteiger charge is -2.22. The van der Waals surface area contributed by atoms with E-state index in [4.69, 9.17) is 5.11 Å². The van der Waals surface area contributed by atoms with E-state index in [1.807, 2.05) is 0 Å².